The molecule has 0 radical (unpaired) electrons. The fourth-order valence-electron chi connectivity index (χ4n) is 3.74. The van der Waals surface area contributed by atoms with Crippen LogP contribution in [0.2, 0.25) is 0 Å². The van der Waals surface area contributed by atoms with Crippen molar-refractivity contribution in [1.29, 1.82) is 0 Å². The number of fused-ring (bicyclic) bond motifs is 1. The number of aromatic amines is 1. The summed E-state index contributed by atoms with van der Waals surface area (Å²) in [5, 5.41) is 17.9. The van der Waals surface area contributed by atoms with Crippen LogP contribution in [-0.2, 0) is 0 Å². The number of hydrogen-bond acceptors (Lipinski definition) is 3. The zero-order chi connectivity index (χ0) is 20.0. The highest BCUT2D eigenvalue weighted by molar-refractivity contribution is 9.10. The van der Waals surface area contributed by atoms with E-state index in [4.69, 9.17) is 0 Å². The number of benzene rings is 2. The molecule has 5 nitrogen and oxygen atoms in total. The molecule has 0 bridgehead atoms. The van der Waals surface area contributed by atoms with E-state index in [0.29, 0.717) is 23.5 Å². The van der Waals surface area contributed by atoms with Crippen LogP contribution in [0.3, 0.4) is 0 Å². The van der Waals surface area contributed by atoms with E-state index in [2.05, 4.69) is 32.7 Å². The summed E-state index contributed by atoms with van der Waals surface area (Å²) in [4.78, 5) is 14.8. The van der Waals surface area contributed by atoms with Gasteiger partial charge in [-0.1, -0.05) is 34.1 Å². The third-order valence-corrected chi connectivity index (χ3v) is 5.71. The van der Waals surface area contributed by atoms with Crippen LogP contribution in [-0.4, -0.2) is 32.7 Å². The molecule has 1 amide bonds. The zero-order valence-corrected chi connectivity index (χ0v) is 17.2. The number of phenolic OH excluding ortho intramolecular Hbond substituents is 1. The molecular weight excluding hydrogens is 418 g/mol. The molecule has 3 aromatic rings. The molecule has 1 unspecified atom stereocenters. The van der Waals surface area contributed by atoms with E-state index in [1.807, 2.05) is 44.2 Å². The van der Waals surface area contributed by atoms with Crippen molar-refractivity contribution in [3.63, 3.8) is 0 Å². The van der Waals surface area contributed by atoms with E-state index in [0.717, 1.165) is 26.7 Å². The third-order valence-electron chi connectivity index (χ3n) is 5.22. The first-order valence-corrected chi connectivity index (χ1v) is 9.77. The maximum atomic E-state index is 13.0. The highest BCUT2D eigenvalue weighted by atomic mass is 79.9. The first-order chi connectivity index (χ1) is 13.4. The summed E-state index contributed by atoms with van der Waals surface area (Å²) < 4.78 is 0.934. The molecule has 1 aliphatic rings. The van der Waals surface area contributed by atoms with E-state index in [9.17, 15) is 9.90 Å². The Morgan fingerprint density at radius 1 is 1.29 bits per heavy atom. The molecule has 2 heterocycles. The summed E-state index contributed by atoms with van der Waals surface area (Å²) >= 11 is 3.52. The Bertz CT molecular complexity index is 1100. The molecular formula is C22H20BrN3O2. The van der Waals surface area contributed by atoms with Crippen LogP contribution in [0.5, 0.6) is 5.75 Å². The number of rotatable bonds is 4. The largest absolute Gasteiger partial charge is 0.507 e. The number of phenols is 1. The first-order valence-electron chi connectivity index (χ1n) is 8.98. The number of amides is 1. The molecule has 0 aliphatic carbocycles. The molecule has 6 heteroatoms. The Morgan fingerprint density at radius 2 is 2.04 bits per heavy atom. The van der Waals surface area contributed by atoms with E-state index in [-0.39, 0.29) is 17.7 Å². The molecule has 1 aliphatic heterocycles. The number of aromatic hydroxyl groups is 1. The molecule has 2 aromatic carbocycles. The van der Waals surface area contributed by atoms with Gasteiger partial charge in [-0.05, 0) is 54.8 Å². The summed E-state index contributed by atoms with van der Waals surface area (Å²) in [5.74, 6) is 0.0296. The van der Waals surface area contributed by atoms with Crippen LogP contribution in [0.1, 0.15) is 38.8 Å². The number of carbonyl (C=O) groups is 1. The Hall–Kier alpha value is -2.86. The summed E-state index contributed by atoms with van der Waals surface area (Å²) in [7, 11) is 0. The van der Waals surface area contributed by atoms with Crippen molar-refractivity contribution >= 4 is 21.8 Å². The van der Waals surface area contributed by atoms with Crippen LogP contribution in [0.4, 0.5) is 0 Å². The lowest BCUT2D eigenvalue weighted by Crippen LogP contribution is -2.29. The average Bonchev–Trinajstić information content (AvgIpc) is 3.18. The quantitative estimate of drug-likeness (QED) is 0.570. The summed E-state index contributed by atoms with van der Waals surface area (Å²) in [6.45, 7) is 8.16. The zero-order valence-electron chi connectivity index (χ0n) is 15.7. The molecule has 0 saturated carbocycles. The van der Waals surface area contributed by atoms with Crippen LogP contribution < -0.4 is 0 Å². The summed E-state index contributed by atoms with van der Waals surface area (Å²) in [5.41, 5.74) is 5.48. The maximum absolute atomic E-state index is 13.0. The Balaban J connectivity index is 1.95. The van der Waals surface area contributed by atoms with Crippen molar-refractivity contribution < 1.29 is 9.90 Å². The number of halogens is 1. The molecule has 4 rings (SSSR count). The maximum Gasteiger partial charge on any atom is 0.273 e. The number of nitrogens with zero attached hydrogens (tertiary/aromatic N) is 2. The van der Waals surface area contributed by atoms with Crippen LogP contribution in [0, 0.1) is 13.8 Å². The number of aryl methyl sites for hydroxylation is 2. The Morgan fingerprint density at radius 3 is 2.75 bits per heavy atom. The monoisotopic (exact) mass is 437 g/mol. The second-order valence-corrected chi connectivity index (χ2v) is 7.93. The standard InChI is InChI=1S/C22H20BrN3O2/c1-4-8-26-21(14-6-5-7-15(23)11-14)18-19(24-25-20(18)22(26)28)16-9-12(2)13(3)10-17(16)27/h4-7,9-11,21,27H,1,8H2,2-3H3,(H,24,25). The van der Waals surface area contributed by atoms with Crippen molar-refractivity contribution in [2.75, 3.05) is 6.54 Å². The van der Waals surface area contributed by atoms with Crippen molar-refractivity contribution in [3.05, 3.63) is 81.5 Å². The Labute approximate surface area is 171 Å². The number of nitrogens with one attached hydrogen (secondary N) is 1. The Kier molecular flexibility index (Phi) is 4.59. The minimum atomic E-state index is -0.312. The van der Waals surface area contributed by atoms with Crippen LogP contribution in [0.25, 0.3) is 11.3 Å². The van der Waals surface area contributed by atoms with Gasteiger partial charge in [0.15, 0.2) is 0 Å². The second-order valence-electron chi connectivity index (χ2n) is 7.02. The number of carbonyl (C=O) groups excluding carboxylic acids is 1. The van der Waals surface area contributed by atoms with Gasteiger partial charge in [-0.2, -0.15) is 5.10 Å². The molecule has 142 valence electrons. The molecule has 2 N–H and O–H groups in total. The van der Waals surface area contributed by atoms with E-state index in [1.165, 1.54) is 0 Å². The third kappa shape index (κ3) is 2.85. The molecule has 1 aromatic heterocycles. The van der Waals surface area contributed by atoms with Crippen molar-refractivity contribution in [1.82, 2.24) is 15.1 Å². The molecule has 0 saturated heterocycles. The highest BCUT2D eigenvalue weighted by Crippen LogP contribution is 2.45. The number of H-pyrrole nitrogens is 1. The smallest absolute Gasteiger partial charge is 0.273 e. The summed E-state index contributed by atoms with van der Waals surface area (Å²) in [6, 6.07) is 11.2. The second kappa shape index (κ2) is 6.95. The molecule has 28 heavy (non-hydrogen) atoms. The van der Waals surface area contributed by atoms with Gasteiger partial charge < -0.3 is 10.0 Å². The SMILES string of the molecule is C=CCN1C(=O)c2[nH]nc(-c3cc(C)c(C)cc3O)c2C1c1cccc(Br)c1. The molecule has 0 fully saturated rings. The van der Waals surface area contributed by atoms with Crippen molar-refractivity contribution in [2.45, 2.75) is 19.9 Å². The number of aromatic nitrogens is 2. The van der Waals surface area contributed by atoms with Crippen LogP contribution in [0.15, 0.2) is 53.5 Å². The van der Waals surface area contributed by atoms with Crippen molar-refractivity contribution in [3.8, 4) is 17.0 Å². The number of hydrogen-bond donors (Lipinski definition) is 2. The van der Waals surface area contributed by atoms with Gasteiger partial charge in [0.1, 0.15) is 17.1 Å². The lowest BCUT2D eigenvalue weighted by atomic mass is 9.94. The minimum absolute atomic E-state index is 0.123. The van der Waals surface area contributed by atoms with Gasteiger partial charge in [0.05, 0.1) is 6.04 Å². The van der Waals surface area contributed by atoms with Gasteiger partial charge in [0.2, 0.25) is 0 Å². The van der Waals surface area contributed by atoms with Crippen LogP contribution >= 0.6 is 15.9 Å². The van der Waals surface area contributed by atoms with Gasteiger partial charge >= 0.3 is 0 Å². The van der Waals surface area contributed by atoms with E-state index >= 15 is 0 Å². The topological polar surface area (TPSA) is 69.2 Å². The summed E-state index contributed by atoms with van der Waals surface area (Å²) in [6.07, 6.45) is 1.72. The molecule has 0 spiro atoms. The lowest BCUT2D eigenvalue weighted by molar-refractivity contribution is 0.0764. The van der Waals surface area contributed by atoms with E-state index in [1.54, 1.807) is 17.0 Å². The predicted octanol–water partition coefficient (Wildman–Crippen LogP) is 4.89. The van der Waals surface area contributed by atoms with E-state index < -0.39 is 0 Å². The fraction of sp³-hybridized carbons (Fsp3) is 0.182. The highest BCUT2D eigenvalue weighted by Gasteiger charge is 2.42. The average molecular weight is 438 g/mol. The predicted molar refractivity (Wildman–Crippen MR) is 112 cm³/mol. The normalized spacial score (nSPS) is 15.8. The van der Waals surface area contributed by atoms with Gasteiger partial charge in [-0.3, -0.25) is 9.89 Å². The van der Waals surface area contributed by atoms with Gasteiger partial charge in [0.25, 0.3) is 5.91 Å². The fourth-order valence-corrected chi connectivity index (χ4v) is 4.16. The molecule has 1 atom stereocenters. The van der Waals surface area contributed by atoms with Gasteiger partial charge in [0, 0.05) is 22.1 Å². The van der Waals surface area contributed by atoms with Gasteiger partial charge in [-0.25, -0.2) is 0 Å². The lowest BCUT2D eigenvalue weighted by Gasteiger charge is -2.25. The van der Waals surface area contributed by atoms with Crippen molar-refractivity contribution in [2.24, 2.45) is 0 Å². The first kappa shape index (κ1) is 18.5. The van der Waals surface area contributed by atoms with Gasteiger partial charge in [-0.15, -0.1) is 6.58 Å². The minimum Gasteiger partial charge on any atom is -0.507 e.